The maximum atomic E-state index is 11.8. The molecular weight excluding hydrogens is 254 g/mol. The van der Waals surface area contributed by atoms with Crippen LogP contribution in [0.2, 0.25) is 0 Å². The second-order valence-electron chi connectivity index (χ2n) is 4.93. The number of carboxylic acid groups (broad SMARTS) is 1. The molecule has 0 aliphatic heterocycles. The van der Waals surface area contributed by atoms with Gasteiger partial charge in [-0.05, 0) is 20.8 Å². The highest BCUT2D eigenvalue weighted by atomic mass is 16.6. The summed E-state index contributed by atoms with van der Waals surface area (Å²) in [4.78, 5) is 34.3. The van der Waals surface area contributed by atoms with Crippen molar-refractivity contribution >= 4 is 17.9 Å². The van der Waals surface area contributed by atoms with Crippen molar-refractivity contribution in [3.8, 4) is 0 Å². The van der Waals surface area contributed by atoms with Crippen molar-refractivity contribution in [2.45, 2.75) is 38.3 Å². The Kier molecular flexibility index (Phi) is 5.70. The Morgan fingerprint density at radius 2 is 1.84 bits per heavy atom. The van der Waals surface area contributed by atoms with Gasteiger partial charge in [-0.1, -0.05) is 12.7 Å². The van der Waals surface area contributed by atoms with E-state index in [1.54, 1.807) is 20.8 Å². The van der Waals surface area contributed by atoms with E-state index in [9.17, 15) is 14.4 Å². The van der Waals surface area contributed by atoms with Gasteiger partial charge in [-0.25, -0.2) is 9.59 Å². The van der Waals surface area contributed by atoms with E-state index < -0.39 is 35.5 Å². The molecule has 0 spiro atoms. The lowest BCUT2D eigenvalue weighted by Crippen LogP contribution is -2.58. The fourth-order valence-electron chi connectivity index (χ4n) is 1.03. The summed E-state index contributed by atoms with van der Waals surface area (Å²) in [7, 11) is 0. The first-order valence-electron chi connectivity index (χ1n) is 5.55. The number of carboxylic acids is 1. The van der Waals surface area contributed by atoms with Crippen LogP contribution in [0.4, 0.5) is 0 Å². The summed E-state index contributed by atoms with van der Waals surface area (Å²) >= 11 is 0. The van der Waals surface area contributed by atoms with E-state index in [0.29, 0.717) is 0 Å². The average Bonchev–Trinajstić information content (AvgIpc) is 2.23. The molecular formula is C12H19NO6. The van der Waals surface area contributed by atoms with E-state index in [0.717, 1.165) is 0 Å². The first-order valence-corrected chi connectivity index (χ1v) is 5.55. The molecule has 0 rings (SSSR count). The van der Waals surface area contributed by atoms with Crippen LogP contribution in [0.5, 0.6) is 0 Å². The van der Waals surface area contributed by atoms with Crippen LogP contribution in [0.3, 0.4) is 0 Å². The fraction of sp³-hybridized carbons (Fsp3) is 0.583. The molecule has 108 valence electrons. The first-order chi connectivity index (χ1) is 8.53. The SMILES string of the molecule is C=CCOC(=O)CC(N)(C(=O)O)C(=O)OC(C)(C)C. The van der Waals surface area contributed by atoms with Gasteiger partial charge >= 0.3 is 17.9 Å². The molecule has 7 heteroatoms. The van der Waals surface area contributed by atoms with Crippen molar-refractivity contribution < 1.29 is 29.0 Å². The monoisotopic (exact) mass is 273 g/mol. The third kappa shape index (κ3) is 5.52. The zero-order chi connectivity index (χ0) is 15.3. The van der Waals surface area contributed by atoms with Crippen molar-refractivity contribution in [3.05, 3.63) is 12.7 Å². The summed E-state index contributed by atoms with van der Waals surface area (Å²) in [5.41, 5.74) is 2.08. The second-order valence-corrected chi connectivity index (χ2v) is 4.93. The highest BCUT2D eigenvalue weighted by Crippen LogP contribution is 2.17. The number of ether oxygens (including phenoxy) is 2. The standard InChI is InChI=1S/C12H19NO6/c1-5-6-18-8(14)7-12(13,9(15)16)10(17)19-11(2,3)4/h5H,1,6-7,13H2,2-4H3,(H,15,16). The number of carbonyl (C=O) groups is 3. The Labute approximate surface area is 111 Å². The Balaban J connectivity index is 4.95. The van der Waals surface area contributed by atoms with Crippen LogP contribution in [-0.4, -0.2) is 40.8 Å². The van der Waals surface area contributed by atoms with Gasteiger partial charge in [0.2, 0.25) is 5.54 Å². The number of aliphatic carboxylic acids is 1. The summed E-state index contributed by atoms with van der Waals surface area (Å²) < 4.78 is 9.51. The lowest BCUT2D eigenvalue weighted by Gasteiger charge is -2.27. The third-order valence-electron chi connectivity index (χ3n) is 1.93. The average molecular weight is 273 g/mol. The van der Waals surface area contributed by atoms with Crippen molar-refractivity contribution in [1.29, 1.82) is 0 Å². The molecule has 0 aliphatic rings. The van der Waals surface area contributed by atoms with E-state index in [4.69, 9.17) is 15.6 Å². The zero-order valence-electron chi connectivity index (χ0n) is 11.3. The van der Waals surface area contributed by atoms with Gasteiger partial charge in [0.25, 0.3) is 0 Å². The summed E-state index contributed by atoms with van der Waals surface area (Å²) in [5, 5.41) is 9.02. The van der Waals surface area contributed by atoms with Gasteiger partial charge in [0.15, 0.2) is 0 Å². The number of hydrogen-bond donors (Lipinski definition) is 2. The molecule has 3 N–H and O–H groups in total. The minimum Gasteiger partial charge on any atom is -0.479 e. The van der Waals surface area contributed by atoms with Crippen LogP contribution in [-0.2, 0) is 23.9 Å². The van der Waals surface area contributed by atoms with Gasteiger partial charge in [0.1, 0.15) is 12.2 Å². The van der Waals surface area contributed by atoms with Gasteiger partial charge in [-0.15, -0.1) is 0 Å². The predicted octanol–water partition coefficient (Wildman–Crippen LogP) is 0.230. The Morgan fingerprint density at radius 3 is 2.21 bits per heavy atom. The largest absolute Gasteiger partial charge is 0.479 e. The van der Waals surface area contributed by atoms with Gasteiger partial charge in [0.05, 0.1) is 6.42 Å². The molecule has 0 saturated heterocycles. The Hall–Kier alpha value is -1.89. The molecule has 0 aliphatic carbocycles. The molecule has 0 fully saturated rings. The molecule has 7 nitrogen and oxygen atoms in total. The molecule has 0 saturated carbocycles. The van der Waals surface area contributed by atoms with Crippen molar-refractivity contribution in [1.82, 2.24) is 0 Å². The van der Waals surface area contributed by atoms with Crippen molar-refractivity contribution in [2.75, 3.05) is 6.61 Å². The molecule has 0 amide bonds. The quantitative estimate of drug-likeness (QED) is 0.404. The minimum absolute atomic E-state index is 0.0944. The van der Waals surface area contributed by atoms with Gasteiger partial charge in [-0.3, -0.25) is 4.79 Å². The third-order valence-corrected chi connectivity index (χ3v) is 1.93. The zero-order valence-corrected chi connectivity index (χ0v) is 11.3. The normalized spacial score (nSPS) is 14.1. The first kappa shape index (κ1) is 17.1. The summed E-state index contributed by atoms with van der Waals surface area (Å²) in [6, 6.07) is 0. The number of hydrogen-bond acceptors (Lipinski definition) is 6. The van der Waals surface area contributed by atoms with Crippen LogP contribution in [0.25, 0.3) is 0 Å². The molecule has 0 aromatic rings. The maximum Gasteiger partial charge on any atom is 0.338 e. The fourth-order valence-corrected chi connectivity index (χ4v) is 1.03. The molecule has 1 unspecified atom stereocenters. The van der Waals surface area contributed by atoms with E-state index in [2.05, 4.69) is 11.3 Å². The number of carbonyl (C=O) groups excluding carboxylic acids is 2. The lowest BCUT2D eigenvalue weighted by molar-refractivity contribution is -0.172. The maximum absolute atomic E-state index is 11.8. The second kappa shape index (κ2) is 6.33. The number of nitrogens with two attached hydrogens (primary N) is 1. The topological polar surface area (TPSA) is 116 Å². The Morgan fingerprint density at radius 1 is 1.32 bits per heavy atom. The van der Waals surface area contributed by atoms with Crippen LogP contribution in [0.1, 0.15) is 27.2 Å². The molecule has 0 heterocycles. The molecule has 0 aromatic carbocycles. The predicted molar refractivity (Wildman–Crippen MR) is 66.2 cm³/mol. The van der Waals surface area contributed by atoms with Gasteiger partial charge in [0, 0.05) is 0 Å². The molecule has 1 atom stereocenters. The Bertz CT molecular complexity index is 384. The highest BCUT2D eigenvalue weighted by molar-refractivity contribution is 6.06. The van der Waals surface area contributed by atoms with E-state index in [-0.39, 0.29) is 6.61 Å². The van der Waals surface area contributed by atoms with Crippen molar-refractivity contribution in [2.24, 2.45) is 5.73 Å². The number of esters is 2. The van der Waals surface area contributed by atoms with Crippen LogP contribution < -0.4 is 5.73 Å². The summed E-state index contributed by atoms with van der Waals surface area (Å²) in [6.45, 7) is 7.91. The summed E-state index contributed by atoms with van der Waals surface area (Å²) in [5.74, 6) is -3.77. The van der Waals surface area contributed by atoms with E-state index in [1.165, 1.54) is 6.08 Å². The van der Waals surface area contributed by atoms with Gasteiger partial charge in [-0.2, -0.15) is 0 Å². The molecule has 19 heavy (non-hydrogen) atoms. The molecule has 0 aromatic heterocycles. The molecule has 0 radical (unpaired) electrons. The smallest absolute Gasteiger partial charge is 0.338 e. The van der Waals surface area contributed by atoms with Crippen LogP contribution >= 0.6 is 0 Å². The van der Waals surface area contributed by atoms with E-state index >= 15 is 0 Å². The minimum atomic E-state index is -2.47. The van der Waals surface area contributed by atoms with Crippen LogP contribution in [0, 0.1) is 0 Å². The van der Waals surface area contributed by atoms with E-state index in [1.807, 2.05) is 0 Å². The van der Waals surface area contributed by atoms with Crippen LogP contribution in [0.15, 0.2) is 12.7 Å². The van der Waals surface area contributed by atoms with Crippen molar-refractivity contribution in [3.63, 3.8) is 0 Å². The highest BCUT2D eigenvalue weighted by Gasteiger charge is 2.47. The molecule has 0 bridgehead atoms. The van der Waals surface area contributed by atoms with Gasteiger partial charge < -0.3 is 20.3 Å². The lowest BCUT2D eigenvalue weighted by atomic mass is 9.96. The number of rotatable bonds is 6. The summed E-state index contributed by atoms with van der Waals surface area (Å²) in [6.07, 6.45) is 0.495.